The molecule has 7 heterocycles. The van der Waals surface area contributed by atoms with E-state index in [1.165, 1.54) is 12.1 Å². The molecule has 4 saturated heterocycles. The van der Waals surface area contributed by atoms with Crippen LogP contribution in [0.25, 0.3) is 22.2 Å². The molecular weight excluding hydrogens is 578 g/mol. The molecule has 9 nitrogen and oxygen atoms in total. The number of piperazine rings is 1. The molecule has 226 valence electrons. The second-order valence-corrected chi connectivity index (χ2v) is 13.6. The topological polar surface area (TPSA) is 95.9 Å². The molecule has 1 aliphatic carbocycles. The lowest BCUT2D eigenvalue weighted by Crippen LogP contribution is -2.60. The third-order valence-corrected chi connectivity index (χ3v) is 10.8. The number of rotatable bonds is 5. The number of alkyl halides is 1. The molecule has 6 aliphatic rings. The highest BCUT2D eigenvalue weighted by molar-refractivity contribution is 6.32. The Balaban J connectivity index is 1.21. The number of ether oxygens (including phenoxy) is 2. The molecule has 1 aromatic carbocycles. The van der Waals surface area contributed by atoms with Crippen molar-refractivity contribution >= 4 is 28.3 Å². The van der Waals surface area contributed by atoms with Crippen molar-refractivity contribution in [2.24, 2.45) is 0 Å². The second kappa shape index (κ2) is 9.49. The van der Waals surface area contributed by atoms with Crippen LogP contribution in [0.3, 0.4) is 0 Å². The Morgan fingerprint density at radius 1 is 1.16 bits per heavy atom. The Hall–Kier alpha value is -3.02. The van der Waals surface area contributed by atoms with Crippen LogP contribution in [0, 0.1) is 5.82 Å². The predicted molar refractivity (Wildman–Crippen MR) is 156 cm³/mol. The standard InChI is InChI=1S/C31H33ClF2N6O3/c32-20-9-18(41)8-19(23(20)15-2-3-15)26-25(34)27-24-28(40-12-17-4-5-21(35-17)22(40)13-42-29(24)36-26)38-30(37-27)43-14-31-6-1-7-39(31)11-16(33)10-31/h8-9,15-17,21-22,35,41H,1-7,10-14H2/t16-,17-,21+,22+,31+/m1/s1. The molecule has 5 aliphatic heterocycles. The first-order valence-electron chi connectivity index (χ1n) is 15.5. The third-order valence-electron chi connectivity index (χ3n) is 10.5. The van der Waals surface area contributed by atoms with Gasteiger partial charge in [-0.25, -0.2) is 13.8 Å². The minimum atomic E-state index is -0.885. The number of benzene rings is 1. The molecule has 3 aromatic rings. The number of aromatic nitrogens is 3. The van der Waals surface area contributed by atoms with E-state index in [2.05, 4.69) is 20.1 Å². The zero-order chi connectivity index (χ0) is 29.0. The summed E-state index contributed by atoms with van der Waals surface area (Å²) in [5.74, 6) is 0.292. The number of nitrogens with one attached hydrogen (secondary N) is 1. The van der Waals surface area contributed by atoms with Crippen LogP contribution in [0.15, 0.2) is 12.1 Å². The highest BCUT2D eigenvalue weighted by atomic mass is 35.5. The fraction of sp³-hybridized carbons (Fsp3) is 0.581. The monoisotopic (exact) mass is 610 g/mol. The molecule has 5 atom stereocenters. The summed E-state index contributed by atoms with van der Waals surface area (Å²) in [6.45, 7) is 2.56. The zero-order valence-electron chi connectivity index (χ0n) is 23.7. The lowest BCUT2D eigenvalue weighted by atomic mass is 9.95. The summed E-state index contributed by atoms with van der Waals surface area (Å²) in [5, 5.41) is 15.0. The van der Waals surface area contributed by atoms with Crippen molar-refractivity contribution in [2.45, 2.75) is 80.7 Å². The van der Waals surface area contributed by atoms with E-state index in [0.29, 0.717) is 53.9 Å². The van der Waals surface area contributed by atoms with E-state index < -0.39 is 17.5 Å². The van der Waals surface area contributed by atoms with Gasteiger partial charge in [-0.3, -0.25) is 4.90 Å². The molecule has 0 radical (unpaired) electrons. The normalized spacial score (nSPS) is 31.2. The molecule has 2 aromatic heterocycles. The molecule has 5 fully saturated rings. The molecular formula is C31H33ClF2N6O3. The van der Waals surface area contributed by atoms with Gasteiger partial charge in [-0.2, -0.15) is 9.97 Å². The lowest BCUT2D eigenvalue weighted by molar-refractivity contribution is 0.107. The van der Waals surface area contributed by atoms with Crippen LogP contribution in [-0.4, -0.2) is 87.6 Å². The van der Waals surface area contributed by atoms with Gasteiger partial charge in [-0.1, -0.05) is 11.6 Å². The van der Waals surface area contributed by atoms with E-state index in [0.717, 1.165) is 50.6 Å². The van der Waals surface area contributed by atoms with E-state index in [9.17, 15) is 9.50 Å². The Bertz CT molecular complexity index is 1660. The summed E-state index contributed by atoms with van der Waals surface area (Å²) in [7, 11) is 0. The van der Waals surface area contributed by atoms with Crippen molar-refractivity contribution in [1.29, 1.82) is 0 Å². The average molecular weight is 611 g/mol. The maximum absolute atomic E-state index is 16.8. The minimum absolute atomic E-state index is 0.0197. The molecule has 0 unspecified atom stereocenters. The van der Waals surface area contributed by atoms with Crippen LogP contribution in [0.1, 0.15) is 56.4 Å². The quantitative estimate of drug-likeness (QED) is 0.425. The number of anilines is 1. The van der Waals surface area contributed by atoms with E-state index in [-0.39, 0.29) is 53.5 Å². The van der Waals surface area contributed by atoms with Crippen molar-refractivity contribution in [3.8, 4) is 28.9 Å². The van der Waals surface area contributed by atoms with Gasteiger partial charge < -0.3 is 24.8 Å². The van der Waals surface area contributed by atoms with E-state index in [1.54, 1.807) is 0 Å². The minimum Gasteiger partial charge on any atom is -0.508 e. The predicted octanol–water partition coefficient (Wildman–Crippen LogP) is 4.72. The number of hydrogen-bond acceptors (Lipinski definition) is 9. The molecule has 0 spiro atoms. The van der Waals surface area contributed by atoms with Gasteiger partial charge in [0.05, 0.1) is 11.6 Å². The maximum atomic E-state index is 16.8. The number of phenols is 1. The van der Waals surface area contributed by atoms with Crippen molar-refractivity contribution < 1.29 is 23.4 Å². The van der Waals surface area contributed by atoms with Gasteiger partial charge in [-0.15, -0.1) is 0 Å². The van der Waals surface area contributed by atoms with E-state index >= 15 is 4.39 Å². The summed E-state index contributed by atoms with van der Waals surface area (Å²) in [6, 6.07) is 3.57. The summed E-state index contributed by atoms with van der Waals surface area (Å²) in [4.78, 5) is 18.7. The van der Waals surface area contributed by atoms with Crippen molar-refractivity contribution in [3.63, 3.8) is 0 Å². The summed E-state index contributed by atoms with van der Waals surface area (Å²) in [6.07, 6.45) is 5.31. The number of hydrogen-bond donors (Lipinski definition) is 2. The Morgan fingerprint density at radius 2 is 2.05 bits per heavy atom. The van der Waals surface area contributed by atoms with Gasteiger partial charge in [-0.05, 0) is 68.7 Å². The smallest absolute Gasteiger partial charge is 0.319 e. The third kappa shape index (κ3) is 4.10. The SMILES string of the molecule is Oc1cc(Cl)c(C2CC2)c(-c2nc3c4c(nc(OC[C@@]56CCCN5C[C@H](F)C6)nc4c2F)N2C[C@H]4CC[C@H](N4)[C@@H]2CO3)c1. The Kier molecular flexibility index (Phi) is 5.82. The molecule has 2 bridgehead atoms. The van der Waals surface area contributed by atoms with Gasteiger partial charge in [0.1, 0.15) is 47.5 Å². The van der Waals surface area contributed by atoms with Crippen LogP contribution in [0.5, 0.6) is 17.6 Å². The maximum Gasteiger partial charge on any atom is 0.319 e. The highest BCUT2D eigenvalue weighted by Crippen LogP contribution is 2.50. The number of aromatic hydroxyl groups is 1. The van der Waals surface area contributed by atoms with E-state index in [4.69, 9.17) is 31.0 Å². The summed E-state index contributed by atoms with van der Waals surface area (Å²) in [5.41, 5.74) is 0.920. The van der Waals surface area contributed by atoms with Crippen LogP contribution in [0.2, 0.25) is 5.02 Å². The highest BCUT2D eigenvalue weighted by Gasteiger charge is 2.50. The number of nitrogens with zero attached hydrogens (tertiary/aromatic N) is 5. The Morgan fingerprint density at radius 3 is 2.91 bits per heavy atom. The summed E-state index contributed by atoms with van der Waals surface area (Å²) >= 11 is 6.60. The van der Waals surface area contributed by atoms with Gasteiger partial charge in [0.15, 0.2) is 5.82 Å². The van der Waals surface area contributed by atoms with Crippen molar-refractivity contribution in [3.05, 3.63) is 28.5 Å². The fourth-order valence-corrected chi connectivity index (χ4v) is 8.76. The molecule has 2 N–H and O–H groups in total. The second-order valence-electron chi connectivity index (χ2n) is 13.2. The first-order chi connectivity index (χ1) is 20.9. The first-order valence-corrected chi connectivity index (χ1v) is 15.9. The Labute approximate surface area is 252 Å². The zero-order valence-corrected chi connectivity index (χ0v) is 24.4. The van der Waals surface area contributed by atoms with E-state index in [1.807, 2.05) is 0 Å². The van der Waals surface area contributed by atoms with Crippen molar-refractivity contribution in [2.75, 3.05) is 37.7 Å². The summed E-state index contributed by atoms with van der Waals surface area (Å²) < 4.78 is 44.0. The fourth-order valence-electron chi connectivity index (χ4n) is 8.39. The molecule has 1 saturated carbocycles. The lowest BCUT2D eigenvalue weighted by Gasteiger charge is -2.40. The largest absolute Gasteiger partial charge is 0.508 e. The molecule has 43 heavy (non-hydrogen) atoms. The van der Waals surface area contributed by atoms with Gasteiger partial charge in [0.25, 0.3) is 0 Å². The van der Waals surface area contributed by atoms with Gasteiger partial charge in [0, 0.05) is 42.2 Å². The molecule has 12 heteroatoms. The molecule has 0 amide bonds. The van der Waals surface area contributed by atoms with Gasteiger partial charge in [0.2, 0.25) is 5.88 Å². The van der Waals surface area contributed by atoms with Crippen LogP contribution in [0.4, 0.5) is 14.6 Å². The first kappa shape index (κ1) is 26.4. The van der Waals surface area contributed by atoms with Crippen LogP contribution < -0.4 is 19.7 Å². The van der Waals surface area contributed by atoms with Crippen molar-refractivity contribution in [1.82, 2.24) is 25.2 Å². The average Bonchev–Trinajstić information content (AvgIpc) is 3.56. The molecule has 9 rings (SSSR count). The van der Waals surface area contributed by atoms with Crippen LogP contribution >= 0.6 is 11.6 Å². The number of halogens is 3. The number of phenolic OH excluding ortho intramolecular Hbond substituents is 1. The van der Waals surface area contributed by atoms with Gasteiger partial charge >= 0.3 is 6.01 Å². The van der Waals surface area contributed by atoms with Crippen LogP contribution in [-0.2, 0) is 0 Å². The number of fused-ring (bicyclic) bond motifs is 6. The number of pyridine rings is 1.